The maximum absolute atomic E-state index is 5.89. The summed E-state index contributed by atoms with van der Waals surface area (Å²) in [6, 6.07) is 14.2. The zero-order valence-electron chi connectivity index (χ0n) is 16.3. The molecule has 0 bridgehead atoms. The van der Waals surface area contributed by atoms with Crippen LogP contribution >= 0.6 is 0 Å². The predicted molar refractivity (Wildman–Crippen MR) is 106 cm³/mol. The van der Waals surface area contributed by atoms with Gasteiger partial charge in [-0.1, -0.05) is 30.3 Å². The fourth-order valence-electron chi connectivity index (χ4n) is 3.63. The second kappa shape index (κ2) is 7.12. The van der Waals surface area contributed by atoms with E-state index in [9.17, 15) is 0 Å². The number of morpholine rings is 1. The van der Waals surface area contributed by atoms with Gasteiger partial charge in [0.25, 0.3) is 0 Å². The largest absolute Gasteiger partial charge is 0.372 e. The number of rotatable bonds is 3. The zero-order chi connectivity index (χ0) is 19.0. The van der Waals surface area contributed by atoms with E-state index in [-0.39, 0.29) is 12.2 Å². The Morgan fingerprint density at radius 2 is 1.59 bits per heavy atom. The number of anilines is 1. The summed E-state index contributed by atoms with van der Waals surface area (Å²) in [7, 11) is 0. The molecule has 0 saturated carbocycles. The lowest BCUT2D eigenvalue weighted by Crippen LogP contribution is -2.46. The minimum atomic E-state index is 0.168. The van der Waals surface area contributed by atoms with Crippen LogP contribution in [0.1, 0.15) is 25.2 Å². The Bertz CT molecular complexity index is 927. The van der Waals surface area contributed by atoms with Gasteiger partial charge in [0.1, 0.15) is 5.82 Å². The molecule has 1 aliphatic rings. The average molecular weight is 363 g/mol. The van der Waals surface area contributed by atoms with Crippen LogP contribution in [0.3, 0.4) is 0 Å². The molecule has 140 valence electrons. The molecule has 0 aliphatic carbocycles. The van der Waals surface area contributed by atoms with Crippen molar-refractivity contribution in [2.75, 3.05) is 18.0 Å². The van der Waals surface area contributed by atoms with Gasteiger partial charge < -0.3 is 9.64 Å². The Kier molecular flexibility index (Phi) is 4.66. The van der Waals surface area contributed by atoms with Crippen molar-refractivity contribution in [2.24, 2.45) is 0 Å². The van der Waals surface area contributed by atoms with Gasteiger partial charge in [-0.2, -0.15) is 5.10 Å². The summed E-state index contributed by atoms with van der Waals surface area (Å²) in [5, 5.41) is 4.61. The van der Waals surface area contributed by atoms with Crippen molar-refractivity contribution in [2.45, 2.75) is 39.9 Å². The maximum atomic E-state index is 5.89. The highest BCUT2D eigenvalue weighted by molar-refractivity contribution is 5.60. The molecule has 27 heavy (non-hydrogen) atoms. The van der Waals surface area contributed by atoms with E-state index in [0.29, 0.717) is 5.82 Å². The molecular formula is C21H25N5O. The van der Waals surface area contributed by atoms with E-state index in [1.807, 2.05) is 54.9 Å². The monoisotopic (exact) mass is 363 g/mol. The van der Waals surface area contributed by atoms with Crippen molar-refractivity contribution in [3.63, 3.8) is 0 Å². The van der Waals surface area contributed by atoms with Gasteiger partial charge in [-0.25, -0.2) is 14.6 Å². The summed E-state index contributed by atoms with van der Waals surface area (Å²) in [5.41, 5.74) is 3.03. The SMILES string of the molecule is Cc1cc(C)n(-c2cc(N3C[C@H](C)O[C@@H](C)C3)nc(-c3ccccc3)n2)n1. The molecule has 0 N–H and O–H groups in total. The fourth-order valence-corrected chi connectivity index (χ4v) is 3.63. The van der Waals surface area contributed by atoms with Gasteiger partial charge >= 0.3 is 0 Å². The van der Waals surface area contributed by atoms with Crippen molar-refractivity contribution in [1.29, 1.82) is 0 Å². The van der Waals surface area contributed by atoms with Crippen LogP contribution in [0, 0.1) is 13.8 Å². The maximum Gasteiger partial charge on any atom is 0.163 e. The van der Waals surface area contributed by atoms with E-state index in [1.54, 1.807) is 0 Å². The molecule has 0 radical (unpaired) electrons. The van der Waals surface area contributed by atoms with Crippen LogP contribution in [0.2, 0.25) is 0 Å². The highest BCUT2D eigenvalue weighted by Gasteiger charge is 2.24. The van der Waals surface area contributed by atoms with Crippen LogP contribution in [0.15, 0.2) is 42.5 Å². The Balaban J connectivity index is 1.83. The van der Waals surface area contributed by atoms with Gasteiger partial charge in [-0.05, 0) is 33.8 Å². The number of aromatic nitrogens is 4. The molecule has 1 aliphatic heterocycles. The standard InChI is InChI=1S/C21H25N5O/c1-14-10-15(2)26(24-14)20-11-19(25-12-16(3)27-17(4)13-25)22-21(23-20)18-8-6-5-7-9-18/h5-11,16-17H,12-13H2,1-4H3/t16-,17-/m0/s1. The smallest absolute Gasteiger partial charge is 0.163 e. The van der Waals surface area contributed by atoms with Crippen LogP contribution in [-0.2, 0) is 4.74 Å². The third-order valence-corrected chi connectivity index (χ3v) is 4.70. The van der Waals surface area contributed by atoms with E-state index < -0.39 is 0 Å². The second-order valence-electron chi connectivity index (χ2n) is 7.28. The lowest BCUT2D eigenvalue weighted by Gasteiger charge is -2.36. The van der Waals surface area contributed by atoms with E-state index in [4.69, 9.17) is 14.7 Å². The van der Waals surface area contributed by atoms with Gasteiger partial charge in [0.2, 0.25) is 0 Å². The Morgan fingerprint density at radius 1 is 0.926 bits per heavy atom. The number of hydrogen-bond acceptors (Lipinski definition) is 5. The first-order valence-corrected chi connectivity index (χ1v) is 9.38. The third kappa shape index (κ3) is 3.71. The van der Waals surface area contributed by atoms with Crippen LogP contribution in [0.25, 0.3) is 17.2 Å². The van der Waals surface area contributed by atoms with Gasteiger partial charge in [0.15, 0.2) is 11.6 Å². The predicted octanol–water partition coefficient (Wildman–Crippen LogP) is 3.56. The molecule has 0 unspecified atom stereocenters. The van der Waals surface area contributed by atoms with Crippen molar-refractivity contribution in [1.82, 2.24) is 19.7 Å². The normalized spacial score (nSPS) is 20.1. The molecule has 0 spiro atoms. The zero-order valence-corrected chi connectivity index (χ0v) is 16.3. The van der Waals surface area contributed by atoms with E-state index in [0.717, 1.165) is 41.7 Å². The molecule has 1 saturated heterocycles. The molecule has 6 heteroatoms. The van der Waals surface area contributed by atoms with Gasteiger partial charge in [0.05, 0.1) is 17.9 Å². The molecule has 2 aromatic heterocycles. The Hall–Kier alpha value is -2.73. The van der Waals surface area contributed by atoms with Crippen molar-refractivity contribution in [3.8, 4) is 17.2 Å². The molecule has 0 amide bonds. The van der Waals surface area contributed by atoms with Crippen LogP contribution in [0.5, 0.6) is 0 Å². The number of benzene rings is 1. The summed E-state index contributed by atoms with van der Waals surface area (Å²) >= 11 is 0. The van der Waals surface area contributed by atoms with Crippen molar-refractivity contribution >= 4 is 5.82 Å². The summed E-state index contributed by atoms with van der Waals surface area (Å²) in [6.07, 6.45) is 0.335. The van der Waals surface area contributed by atoms with Gasteiger partial charge in [-0.3, -0.25) is 0 Å². The quantitative estimate of drug-likeness (QED) is 0.712. The number of nitrogens with zero attached hydrogens (tertiary/aromatic N) is 5. The second-order valence-corrected chi connectivity index (χ2v) is 7.28. The molecule has 3 aromatic rings. The van der Waals surface area contributed by atoms with E-state index in [2.05, 4.69) is 29.9 Å². The Labute approximate surface area is 159 Å². The lowest BCUT2D eigenvalue weighted by molar-refractivity contribution is -0.00546. The van der Waals surface area contributed by atoms with Crippen LogP contribution < -0.4 is 4.90 Å². The number of ether oxygens (including phenoxy) is 1. The summed E-state index contributed by atoms with van der Waals surface area (Å²) in [4.78, 5) is 12.0. The minimum Gasteiger partial charge on any atom is -0.372 e. The topological polar surface area (TPSA) is 56.1 Å². The van der Waals surface area contributed by atoms with Crippen LogP contribution in [0.4, 0.5) is 5.82 Å². The van der Waals surface area contributed by atoms with Crippen LogP contribution in [-0.4, -0.2) is 45.0 Å². The molecule has 1 fully saturated rings. The first kappa shape index (κ1) is 17.7. The van der Waals surface area contributed by atoms with Crippen molar-refractivity contribution < 1.29 is 4.74 Å². The van der Waals surface area contributed by atoms with Gasteiger partial charge in [0, 0.05) is 30.4 Å². The van der Waals surface area contributed by atoms with Crippen molar-refractivity contribution in [3.05, 3.63) is 53.9 Å². The average Bonchev–Trinajstić information content (AvgIpc) is 2.99. The highest BCUT2D eigenvalue weighted by atomic mass is 16.5. The first-order valence-electron chi connectivity index (χ1n) is 9.38. The number of hydrogen-bond donors (Lipinski definition) is 0. The summed E-state index contributed by atoms with van der Waals surface area (Å²) in [6.45, 7) is 9.87. The summed E-state index contributed by atoms with van der Waals surface area (Å²) in [5.74, 6) is 2.41. The Morgan fingerprint density at radius 3 is 2.22 bits per heavy atom. The molecule has 1 aromatic carbocycles. The molecule has 6 nitrogen and oxygen atoms in total. The molecule has 2 atom stereocenters. The molecule has 3 heterocycles. The number of aryl methyl sites for hydroxylation is 2. The van der Waals surface area contributed by atoms with E-state index in [1.165, 1.54) is 0 Å². The van der Waals surface area contributed by atoms with E-state index >= 15 is 0 Å². The van der Waals surface area contributed by atoms with Gasteiger partial charge in [-0.15, -0.1) is 0 Å². The molecular weight excluding hydrogens is 338 g/mol. The fraction of sp³-hybridized carbons (Fsp3) is 0.381. The first-order chi connectivity index (χ1) is 13.0. The molecule has 4 rings (SSSR count). The highest BCUT2D eigenvalue weighted by Crippen LogP contribution is 2.25. The third-order valence-electron chi connectivity index (χ3n) is 4.70. The summed E-state index contributed by atoms with van der Waals surface area (Å²) < 4.78 is 7.78. The lowest BCUT2D eigenvalue weighted by atomic mass is 10.2. The minimum absolute atomic E-state index is 0.168.